The molecule has 0 saturated heterocycles. The van der Waals surface area contributed by atoms with E-state index < -0.39 is 9.84 Å². The summed E-state index contributed by atoms with van der Waals surface area (Å²) in [4.78, 5) is 8.86. The molecule has 0 amide bonds. The van der Waals surface area contributed by atoms with E-state index in [4.69, 9.17) is 4.74 Å². The van der Waals surface area contributed by atoms with Crippen molar-refractivity contribution < 1.29 is 13.2 Å². The van der Waals surface area contributed by atoms with E-state index in [2.05, 4.69) is 15.1 Å². The summed E-state index contributed by atoms with van der Waals surface area (Å²) in [7, 11) is -3.78. The molecule has 3 aromatic rings. The highest BCUT2D eigenvalue weighted by Gasteiger charge is 2.28. The van der Waals surface area contributed by atoms with Crippen LogP contribution >= 0.6 is 0 Å². The molecule has 0 radical (unpaired) electrons. The number of hydrogen-bond donors (Lipinski definition) is 0. The molecule has 0 spiro atoms. The molecule has 1 saturated carbocycles. The Morgan fingerprint density at radius 3 is 2.37 bits per heavy atom. The van der Waals surface area contributed by atoms with Crippen molar-refractivity contribution in [2.75, 3.05) is 0 Å². The van der Waals surface area contributed by atoms with Crippen LogP contribution in [0.3, 0.4) is 0 Å². The Hall–Kier alpha value is -2.74. The molecule has 0 atom stereocenters. The van der Waals surface area contributed by atoms with E-state index in [1.165, 1.54) is 10.9 Å². The van der Waals surface area contributed by atoms with E-state index in [0.29, 0.717) is 11.9 Å². The van der Waals surface area contributed by atoms with E-state index in [1.54, 1.807) is 42.7 Å². The smallest absolute Gasteiger partial charge is 0.253 e. The summed E-state index contributed by atoms with van der Waals surface area (Å²) in [5, 5.41) is 4.29. The first-order valence-corrected chi connectivity index (χ1v) is 10.3. The summed E-state index contributed by atoms with van der Waals surface area (Å²) in [5.74, 6) is 0.900. The molecule has 0 N–H and O–H groups in total. The van der Waals surface area contributed by atoms with Crippen LogP contribution in [-0.2, 0) is 9.84 Å². The third-order valence-corrected chi connectivity index (χ3v) is 6.00. The number of nitrogens with zero attached hydrogens (tertiary/aromatic N) is 4. The normalized spacial score (nSPS) is 14.5. The van der Waals surface area contributed by atoms with Gasteiger partial charge in [0.2, 0.25) is 9.84 Å². The Bertz CT molecular complexity index is 1040. The average molecular weight is 384 g/mol. The van der Waals surface area contributed by atoms with Gasteiger partial charge in [-0.05, 0) is 50.3 Å². The molecule has 1 aliphatic rings. The molecular formula is C19H20N4O3S. The van der Waals surface area contributed by atoms with E-state index in [-0.39, 0.29) is 21.8 Å². The van der Waals surface area contributed by atoms with Gasteiger partial charge in [-0.1, -0.05) is 18.2 Å². The third kappa shape index (κ3) is 3.57. The number of benzene rings is 1. The molecule has 2 aromatic heterocycles. The zero-order chi connectivity index (χ0) is 19.0. The van der Waals surface area contributed by atoms with E-state index in [9.17, 15) is 8.42 Å². The molecule has 0 unspecified atom stereocenters. The van der Waals surface area contributed by atoms with Gasteiger partial charge in [0.25, 0.3) is 11.8 Å². The van der Waals surface area contributed by atoms with Crippen LogP contribution in [0, 0.1) is 0 Å². The molecule has 7 nitrogen and oxygen atoms in total. The fourth-order valence-corrected chi connectivity index (χ4v) is 4.06. The Balaban J connectivity index is 1.76. The van der Waals surface area contributed by atoms with Crippen LogP contribution in [0.15, 0.2) is 58.7 Å². The summed E-state index contributed by atoms with van der Waals surface area (Å²) in [6.45, 7) is 3.64. The quantitative estimate of drug-likeness (QED) is 0.649. The van der Waals surface area contributed by atoms with Crippen LogP contribution in [0.5, 0.6) is 5.88 Å². The number of aromatic nitrogens is 4. The van der Waals surface area contributed by atoms with Crippen LogP contribution in [-0.4, -0.2) is 34.3 Å². The minimum Gasteiger partial charge on any atom is -0.473 e. The lowest BCUT2D eigenvalue weighted by Gasteiger charge is -2.09. The molecule has 4 rings (SSSR count). The predicted molar refractivity (Wildman–Crippen MR) is 98.8 cm³/mol. The second-order valence-electron chi connectivity index (χ2n) is 6.82. The minimum absolute atomic E-state index is 0.00253. The SMILES string of the molecule is CC(C)Oc1nn(-c2ncc(C3CC3)cn2)cc1S(=O)(=O)c1ccccc1. The first-order valence-electron chi connectivity index (χ1n) is 8.84. The average Bonchev–Trinajstić information content (AvgIpc) is 3.43. The molecule has 0 aliphatic heterocycles. The van der Waals surface area contributed by atoms with Crippen LogP contribution in [0.1, 0.15) is 38.2 Å². The van der Waals surface area contributed by atoms with Crippen molar-refractivity contribution in [2.24, 2.45) is 0 Å². The molecule has 1 aliphatic carbocycles. The first kappa shape index (κ1) is 17.7. The highest BCUT2D eigenvalue weighted by atomic mass is 32.2. The number of sulfone groups is 1. The Labute approximate surface area is 158 Å². The maximum Gasteiger partial charge on any atom is 0.253 e. The van der Waals surface area contributed by atoms with Crippen molar-refractivity contribution in [2.45, 2.75) is 48.5 Å². The summed E-state index contributed by atoms with van der Waals surface area (Å²) >= 11 is 0. The summed E-state index contributed by atoms with van der Waals surface area (Å²) < 4.78 is 33.1. The topological polar surface area (TPSA) is 87.0 Å². The van der Waals surface area contributed by atoms with Crippen molar-refractivity contribution in [3.8, 4) is 11.8 Å². The Kier molecular flexibility index (Phi) is 4.43. The molecule has 1 aromatic carbocycles. The van der Waals surface area contributed by atoms with Gasteiger partial charge < -0.3 is 4.74 Å². The van der Waals surface area contributed by atoms with E-state index in [1.807, 2.05) is 13.8 Å². The van der Waals surface area contributed by atoms with Gasteiger partial charge in [-0.3, -0.25) is 0 Å². The van der Waals surface area contributed by atoms with Crippen molar-refractivity contribution in [1.29, 1.82) is 0 Å². The largest absolute Gasteiger partial charge is 0.473 e. The molecule has 27 heavy (non-hydrogen) atoms. The number of rotatable bonds is 6. The van der Waals surface area contributed by atoms with Crippen molar-refractivity contribution >= 4 is 9.84 Å². The summed E-state index contributed by atoms with van der Waals surface area (Å²) in [6.07, 6.45) is 7.06. The van der Waals surface area contributed by atoms with Crippen LogP contribution in [0.2, 0.25) is 0 Å². The van der Waals surface area contributed by atoms with Gasteiger partial charge in [-0.2, -0.15) is 0 Å². The standard InChI is InChI=1S/C19H20N4O3S/c1-13(2)26-18-17(27(24,25)16-6-4-3-5-7-16)12-23(22-18)19-20-10-15(11-21-19)14-8-9-14/h3-7,10-14H,8-9H2,1-2H3. The summed E-state index contributed by atoms with van der Waals surface area (Å²) in [6, 6.07) is 8.22. The zero-order valence-electron chi connectivity index (χ0n) is 15.1. The predicted octanol–water partition coefficient (Wildman–Crippen LogP) is 3.16. The molecule has 8 heteroatoms. The highest BCUT2D eigenvalue weighted by Crippen LogP contribution is 2.39. The van der Waals surface area contributed by atoms with Gasteiger partial charge in [0.15, 0.2) is 4.90 Å². The van der Waals surface area contributed by atoms with Gasteiger partial charge >= 0.3 is 0 Å². The van der Waals surface area contributed by atoms with Crippen LogP contribution in [0.25, 0.3) is 5.95 Å². The molecule has 0 bridgehead atoms. The monoisotopic (exact) mass is 384 g/mol. The maximum atomic E-state index is 13.1. The van der Waals surface area contributed by atoms with E-state index in [0.717, 1.165) is 18.4 Å². The molecule has 1 fully saturated rings. The highest BCUT2D eigenvalue weighted by molar-refractivity contribution is 7.91. The lowest BCUT2D eigenvalue weighted by Crippen LogP contribution is -2.10. The minimum atomic E-state index is -3.78. The fraction of sp³-hybridized carbons (Fsp3) is 0.316. The van der Waals surface area contributed by atoms with E-state index >= 15 is 0 Å². The molecular weight excluding hydrogens is 364 g/mol. The first-order chi connectivity index (χ1) is 12.9. The van der Waals surface area contributed by atoms with Crippen molar-refractivity contribution in [3.63, 3.8) is 0 Å². The van der Waals surface area contributed by atoms with Gasteiger partial charge in [-0.25, -0.2) is 23.1 Å². The number of ether oxygens (including phenoxy) is 1. The third-order valence-electron chi connectivity index (χ3n) is 4.25. The number of hydrogen-bond acceptors (Lipinski definition) is 6. The van der Waals surface area contributed by atoms with Gasteiger partial charge in [0, 0.05) is 12.4 Å². The molecule has 140 valence electrons. The fourth-order valence-electron chi connectivity index (χ4n) is 2.74. The Morgan fingerprint density at radius 2 is 1.78 bits per heavy atom. The van der Waals surface area contributed by atoms with Crippen molar-refractivity contribution in [3.05, 3.63) is 54.5 Å². The lowest BCUT2D eigenvalue weighted by molar-refractivity contribution is 0.225. The zero-order valence-corrected chi connectivity index (χ0v) is 15.9. The van der Waals surface area contributed by atoms with Gasteiger partial charge in [0.1, 0.15) is 0 Å². The summed E-state index contributed by atoms with van der Waals surface area (Å²) in [5.41, 5.74) is 1.10. The van der Waals surface area contributed by atoms with Gasteiger partial charge in [0.05, 0.1) is 17.2 Å². The second-order valence-corrected chi connectivity index (χ2v) is 8.73. The van der Waals surface area contributed by atoms with Crippen LogP contribution < -0.4 is 4.74 Å². The molecule has 2 heterocycles. The lowest BCUT2D eigenvalue weighted by atomic mass is 10.2. The van der Waals surface area contributed by atoms with Crippen molar-refractivity contribution in [1.82, 2.24) is 19.7 Å². The van der Waals surface area contributed by atoms with Crippen LogP contribution in [0.4, 0.5) is 0 Å². The Morgan fingerprint density at radius 1 is 1.11 bits per heavy atom. The van der Waals surface area contributed by atoms with Gasteiger partial charge in [-0.15, -0.1) is 5.10 Å². The maximum absolute atomic E-state index is 13.1. The second kappa shape index (κ2) is 6.77.